The lowest BCUT2D eigenvalue weighted by Gasteiger charge is -2.04. The number of methoxy groups -OCH3 is 1. The molecule has 2 aromatic carbocycles. The van der Waals surface area contributed by atoms with Crippen LogP contribution < -0.4 is 4.74 Å². The molecule has 0 spiro atoms. The largest absolute Gasteiger partial charge is 0.497 e. The van der Waals surface area contributed by atoms with Gasteiger partial charge in [-0.1, -0.05) is 6.07 Å². The minimum Gasteiger partial charge on any atom is -0.497 e. The van der Waals surface area contributed by atoms with Gasteiger partial charge in [0.2, 0.25) is 0 Å². The van der Waals surface area contributed by atoms with Crippen molar-refractivity contribution in [2.24, 2.45) is 0 Å². The van der Waals surface area contributed by atoms with Crippen LogP contribution in [0.25, 0.3) is 11.1 Å². The van der Waals surface area contributed by atoms with Crippen molar-refractivity contribution in [2.75, 3.05) is 7.11 Å². The van der Waals surface area contributed by atoms with Gasteiger partial charge in [0.1, 0.15) is 5.75 Å². The molecule has 92 valence electrons. The first kappa shape index (κ1) is 11.1. The zero-order valence-corrected chi connectivity index (χ0v) is 9.56. The molecule has 0 aromatic heterocycles. The Bertz CT molecular complexity index is 650. The SMILES string of the molecule is COc1ccc2c(c1)Cc1c-2cc(F)c(F)c1F. The first-order chi connectivity index (χ1) is 8.61. The molecule has 0 aliphatic heterocycles. The van der Waals surface area contributed by atoms with Crippen LogP contribution in [0, 0.1) is 17.5 Å². The van der Waals surface area contributed by atoms with Crippen LogP contribution in [0.2, 0.25) is 0 Å². The maximum atomic E-state index is 13.7. The topological polar surface area (TPSA) is 9.23 Å². The summed E-state index contributed by atoms with van der Waals surface area (Å²) in [5.74, 6) is -3.02. The second-order valence-electron chi connectivity index (χ2n) is 4.21. The zero-order chi connectivity index (χ0) is 12.9. The summed E-state index contributed by atoms with van der Waals surface area (Å²) in [5.41, 5.74) is 2.16. The molecule has 0 N–H and O–H groups in total. The normalized spacial score (nSPS) is 12.2. The van der Waals surface area contributed by atoms with Crippen LogP contribution in [0.15, 0.2) is 24.3 Å². The maximum Gasteiger partial charge on any atom is 0.194 e. The smallest absolute Gasteiger partial charge is 0.194 e. The summed E-state index contributed by atoms with van der Waals surface area (Å²) >= 11 is 0. The zero-order valence-electron chi connectivity index (χ0n) is 9.56. The van der Waals surface area contributed by atoms with Crippen molar-refractivity contribution in [1.82, 2.24) is 0 Å². The molecule has 0 saturated carbocycles. The summed E-state index contributed by atoms with van der Waals surface area (Å²) in [6.07, 6.45) is 0.255. The number of hydrogen-bond donors (Lipinski definition) is 0. The Kier molecular flexibility index (Phi) is 2.33. The molecular weight excluding hydrogens is 241 g/mol. The molecule has 0 atom stereocenters. The van der Waals surface area contributed by atoms with Gasteiger partial charge < -0.3 is 4.74 Å². The quantitative estimate of drug-likeness (QED) is 0.598. The van der Waals surface area contributed by atoms with Crippen LogP contribution in [-0.2, 0) is 6.42 Å². The molecule has 3 rings (SSSR count). The van der Waals surface area contributed by atoms with Crippen LogP contribution in [0.1, 0.15) is 11.1 Å². The number of halogens is 3. The van der Waals surface area contributed by atoms with Gasteiger partial charge in [0.15, 0.2) is 17.5 Å². The number of ether oxygens (including phenoxy) is 1. The average molecular weight is 250 g/mol. The summed E-state index contributed by atoms with van der Waals surface area (Å²) in [6, 6.07) is 6.25. The Hall–Kier alpha value is -1.97. The molecule has 2 aromatic rings. The third kappa shape index (κ3) is 1.41. The predicted molar refractivity (Wildman–Crippen MR) is 61.1 cm³/mol. The van der Waals surface area contributed by atoms with Crippen LogP contribution in [0.3, 0.4) is 0 Å². The fourth-order valence-corrected chi connectivity index (χ4v) is 2.34. The molecule has 1 nitrogen and oxygen atoms in total. The highest BCUT2D eigenvalue weighted by Crippen LogP contribution is 2.40. The van der Waals surface area contributed by atoms with Crippen molar-refractivity contribution in [3.8, 4) is 16.9 Å². The molecule has 0 heterocycles. The third-order valence-corrected chi connectivity index (χ3v) is 3.23. The number of rotatable bonds is 1. The summed E-state index contributed by atoms with van der Waals surface area (Å²) in [4.78, 5) is 0. The molecule has 0 unspecified atom stereocenters. The highest BCUT2D eigenvalue weighted by Gasteiger charge is 2.26. The van der Waals surface area contributed by atoms with E-state index in [1.54, 1.807) is 18.2 Å². The van der Waals surface area contributed by atoms with Crippen molar-refractivity contribution < 1.29 is 17.9 Å². The molecule has 18 heavy (non-hydrogen) atoms. The lowest BCUT2D eigenvalue weighted by atomic mass is 10.1. The van der Waals surface area contributed by atoms with Crippen molar-refractivity contribution in [3.63, 3.8) is 0 Å². The second-order valence-corrected chi connectivity index (χ2v) is 4.21. The summed E-state index contributed by atoms with van der Waals surface area (Å²) < 4.78 is 45.2. The Balaban J connectivity index is 2.23. The van der Waals surface area contributed by atoms with Gasteiger partial charge in [-0.15, -0.1) is 0 Å². The van der Waals surface area contributed by atoms with E-state index < -0.39 is 17.5 Å². The Morgan fingerprint density at radius 1 is 1.00 bits per heavy atom. The summed E-state index contributed by atoms with van der Waals surface area (Å²) in [6.45, 7) is 0. The van der Waals surface area contributed by atoms with Crippen molar-refractivity contribution in [1.29, 1.82) is 0 Å². The van der Waals surface area contributed by atoms with E-state index in [1.165, 1.54) is 7.11 Å². The van der Waals surface area contributed by atoms with E-state index >= 15 is 0 Å². The first-order valence-electron chi connectivity index (χ1n) is 5.45. The minimum atomic E-state index is -1.41. The van der Waals surface area contributed by atoms with E-state index in [9.17, 15) is 13.2 Å². The molecule has 0 radical (unpaired) electrons. The van der Waals surface area contributed by atoms with Gasteiger partial charge in [-0.05, 0) is 34.9 Å². The van der Waals surface area contributed by atoms with Gasteiger partial charge in [0.25, 0.3) is 0 Å². The molecule has 1 aliphatic carbocycles. The van der Waals surface area contributed by atoms with E-state index in [1.807, 2.05) is 0 Å². The number of benzene rings is 2. The predicted octanol–water partition coefficient (Wildman–Crippen LogP) is 3.68. The van der Waals surface area contributed by atoms with Gasteiger partial charge in [0, 0.05) is 12.0 Å². The van der Waals surface area contributed by atoms with Crippen LogP contribution in [0.5, 0.6) is 5.75 Å². The molecule has 1 aliphatic rings. The molecule has 0 amide bonds. The highest BCUT2D eigenvalue weighted by atomic mass is 19.2. The fraction of sp³-hybridized carbons (Fsp3) is 0.143. The Morgan fingerprint density at radius 2 is 1.78 bits per heavy atom. The number of hydrogen-bond acceptors (Lipinski definition) is 1. The van der Waals surface area contributed by atoms with Gasteiger partial charge >= 0.3 is 0 Å². The molecule has 4 heteroatoms. The summed E-state index contributed by atoms with van der Waals surface area (Å²) in [5, 5.41) is 0. The van der Waals surface area contributed by atoms with E-state index in [0.29, 0.717) is 11.3 Å². The van der Waals surface area contributed by atoms with Crippen LogP contribution in [-0.4, -0.2) is 7.11 Å². The Morgan fingerprint density at radius 3 is 2.50 bits per heavy atom. The lowest BCUT2D eigenvalue weighted by Crippen LogP contribution is -1.96. The van der Waals surface area contributed by atoms with Gasteiger partial charge in [0.05, 0.1) is 7.11 Å². The first-order valence-corrected chi connectivity index (χ1v) is 5.45. The van der Waals surface area contributed by atoms with Gasteiger partial charge in [-0.25, -0.2) is 13.2 Å². The third-order valence-electron chi connectivity index (χ3n) is 3.23. The average Bonchev–Trinajstić information content (AvgIpc) is 2.74. The van der Waals surface area contributed by atoms with E-state index in [-0.39, 0.29) is 12.0 Å². The van der Waals surface area contributed by atoms with Crippen molar-refractivity contribution in [2.45, 2.75) is 6.42 Å². The second kappa shape index (κ2) is 3.77. The van der Waals surface area contributed by atoms with Crippen molar-refractivity contribution in [3.05, 3.63) is 52.8 Å². The standard InChI is InChI=1S/C14H9F3O/c1-18-8-2-3-9-7(4-8)5-11-10(9)6-12(15)14(17)13(11)16/h2-4,6H,5H2,1H3. The van der Waals surface area contributed by atoms with E-state index in [2.05, 4.69) is 0 Å². The monoisotopic (exact) mass is 250 g/mol. The van der Waals surface area contributed by atoms with Crippen LogP contribution in [0.4, 0.5) is 13.2 Å². The van der Waals surface area contributed by atoms with Gasteiger partial charge in [-0.3, -0.25) is 0 Å². The van der Waals surface area contributed by atoms with E-state index in [4.69, 9.17) is 4.74 Å². The molecular formula is C14H9F3O. The Labute approximate surface area is 102 Å². The highest BCUT2D eigenvalue weighted by molar-refractivity contribution is 5.77. The minimum absolute atomic E-state index is 0.206. The fourth-order valence-electron chi connectivity index (χ4n) is 2.34. The van der Waals surface area contributed by atoms with Gasteiger partial charge in [-0.2, -0.15) is 0 Å². The maximum absolute atomic E-state index is 13.7. The lowest BCUT2D eigenvalue weighted by molar-refractivity contribution is 0.414. The van der Waals surface area contributed by atoms with E-state index in [0.717, 1.165) is 17.2 Å². The van der Waals surface area contributed by atoms with Crippen LogP contribution >= 0.6 is 0 Å². The molecule has 0 saturated heterocycles. The summed E-state index contributed by atoms with van der Waals surface area (Å²) in [7, 11) is 1.53. The van der Waals surface area contributed by atoms with Crippen molar-refractivity contribution >= 4 is 0 Å². The number of fused-ring (bicyclic) bond motifs is 3. The molecule has 0 bridgehead atoms. The molecule has 0 fully saturated rings.